The van der Waals surface area contributed by atoms with Crippen LogP contribution in [0.15, 0.2) is 45.6 Å². The SMILES string of the molecule is COc1cc(Br)ccc1C(O)Cc1cncc(Br)c1. The molecule has 1 N–H and O–H groups in total. The first-order valence-corrected chi connectivity index (χ1v) is 7.29. The van der Waals surface area contributed by atoms with Crippen LogP contribution in [0.4, 0.5) is 0 Å². The van der Waals surface area contributed by atoms with Crippen molar-refractivity contribution >= 4 is 31.9 Å². The van der Waals surface area contributed by atoms with Gasteiger partial charge in [0, 0.05) is 33.3 Å². The third-order valence-corrected chi connectivity index (χ3v) is 3.67. The molecule has 1 aromatic carbocycles. The molecule has 1 heterocycles. The lowest BCUT2D eigenvalue weighted by molar-refractivity contribution is 0.174. The van der Waals surface area contributed by atoms with Gasteiger partial charge in [0.25, 0.3) is 0 Å². The number of hydrogen-bond donors (Lipinski definition) is 1. The topological polar surface area (TPSA) is 42.4 Å². The highest BCUT2D eigenvalue weighted by atomic mass is 79.9. The lowest BCUT2D eigenvalue weighted by atomic mass is 10.0. The third-order valence-electron chi connectivity index (χ3n) is 2.75. The summed E-state index contributed by atoms with van der Waals surface area (Å²) in [6.07, 6.45) is 3.33. The van der Waals surface area contributed by atoms with E-state index in [2.05, 4.69) is 36.8 Å². The second-order valence-corrected chi connectivity index (χ2v) is 5.95. The van der Waals surface area contributed by atoms with Crippen LogP contribution in [0.2, 0.25) is 0 Å². The molecule has 0 aliphatic rings. The molecule has 19 heavy (non-hydrogen) atoms. The summed E-state index contributed by atoms with van der Waals surface area (Å²) in [5.41, 5.74) is 1.73. The van der Waals surface area contributed by atoms with Gasteiger partial charge in [-0.15, -0.1) is 0 Å². The van der Waals surface area contributed by atoms with E-state index in [1.54, 1.807) is 19.5 Å². The zero-order chi connectivity index (χ0) is 13.8. The first kappa shape index (κ1) is 14.5. The fourth-order valence-corrected chi connectivity index (χ4v) is 2.61. The number of methoxy groups -OCH3 is 1. The molecule has 0 saturated heterocycles. The second kappa shape index (κ2) is 6.50. The van der Waals surface area contributed by atoms with Gasteiger partial charge in [0.2, 0.25) is 0 Å². The second-order valence-electron chi connectivity index (χ2n) is 4.12. The number of rotatable bonds is 4. The van der Waals surface area contributed by atoms with Crippen LogP contribution < -0.4 is 4.74 Å². The number of aliphatic hydroxyl groups is 1. The first-order valence-electron chi connectivity index (χ1n) is 5.71. The Labute approximate surface area is 128 Å². The van der Waals surface area contributed by atoms with Crippen molar-refractivity contribution in [1.82, 2.24) is 4.98 Å². The predicted octanol–water partition coefficient (Wildman–Crippen LogP) is 3.89. The molecule has 100 valence electrons. The lowest BCUT2D eigenvalue weighted by Gasteiger charge is -2.15. The number of hydrogen-bond acceptors (Lipinski definition) is 3. The molecule has 0 fully saturated rings. The van der Waals surface area contributed by atoms with E-state index >= 15 is 0 Å². The Balaban J connectivity index is 2.22. The summed E-state index contributed by atoms with van der Waals surface area (Å²) in [4.78, 5) is 4.09. The van der Waals surface area contributed by atoms with Crippen LogP contribution in [0.5, 0.6) is 5.75 Å². The molecule has 0 aliphatic carbocycles. The summed E-state index contributed by atoms with van der Waals surface area (Å²) in [6.45, 7) is 0. The smallest absolute Gasteiger partial charge is 0.125 e. The molecule has 0 bridgehead atoms. The molecule has 5 heteroatoms. The molecule has 2 rings (SSSR count). The zero-order valence-electron chi connectivity index (χ0n) is 10.3. The summed E-state index contributed by atoms with van der Waals surface area (Å²) >= 11 is 6.76. The summed E-state index contributed by atoms with van der Waals surface area (Å²) in [5, 5.41) is 10.3. The van der Waals surface area contributed by atoms with E-state index in [1.807, 2.05) is 24.3 Å². The van der Waals surface area contributed by atoms with Gasteiger partial charge in [-0.3, -0.25) is 4.98 Å². The van der Waals surface area contributed by atoms with Crippen LogP contribution in [-0.2, 0) is 6.42 Å². The van der Waals surface area contributed by atoms with Crippen LogP contribution in [-0.4, -0.2) is 17.2 Å². The van der Waals surface area contributed by atoms with E-state index in [4.69, 9.17) is 4.74 Å². The largest absolute Gasteiger partial charge is 0.496 e. The quantitative estimate of drug-likeness (QED) is 0.866. The van der Waals surface area contributed by atoms with E-state index in [1.165, 1.54) is 0 Å². The van der Waals surface area contributed by atoms with Crippen LogP contribution in [0, 0.1) is 0 Å². The lowest BCUT2D eigenvalue weighted by Crippen LogP contribution is -2.04. The highest BCUT2D eigenvalue weighted by Crippen LogP contribution is 2.30. The summed E-state index contributed by atoms with van der Waals surface area (Å²) in [7, 11) is 1.60. The van der Waals surface area contributed by atoms with Crippen molar-refractivity contribution < 1.29 is 9.84 Å². The Morgan fingerprint density at radius 3 is 2.68 bits per heavy atom. The third kappa shape index (κ3) is 3.78. The molecule has 0 saturated carbocycles. The van der Waals surface area contributed by atoms with E-state index in [0.29, 0.717) is 12.2 Å². The van der Waals surface area contributed by atoms with Crippen molar-refractivity contribution in [3.63, 3.8) is 0 Å². The first-order chi connectivity index (χ1) is 9.10. The van der Waals surface area contributed by atoms with Crippen LogP contribution in [0.1, 0.15) is 17.2 Å². The number of pyridine rings is 1. The fraction of sp³-hybridized carbons (Fsp3) is 0.214. The summed E-state index contributed by atoms with van der Waals surface area (Å²) in [6, 6.07) is 7.54. The van der Waals surface area contributed by atoms with Crippen molar-refractivity contribution in [2.45, 2.75) is 12.5 Å². The maximum absolute atomic E-state index is 10.3. The van der Waals surface area contributed by atoms with Gasteiger partial charge >= 0.3 is 0 Å². The van der Waals surface area contributed by atoms with Crippen molar-refractivity contribution in [2.75, 3.05) is 7.11 Å². The molecule has 1 unspecified atom stereocenters. The molecule has 0 aliphatic heterocycles. The van der Waals surface area contributed by atoms with Gasteiger partial charge in [0.15, 0.2) is 0 Å². The minimum atomic E-state index is -0.626. The normalized spacial score (nSPS) is 12.2. The molecule has 1 atom stereocenters. The van der Waals surface area contributed by atoms with Crippen molar-refractivity contribution in [3.8, 4) is 5.75 Å². The summed E-state index contributed by atoms with van der Waals surface area (Å²) in [5.74, 6) is 0.671. The monoisotopic (exact) mass is 385 g/mol. The fourth-order valence-electron chi connectivity index (χ4n) is 1.86. The van der Waals surface area contributed by atoms with Crippen LogP contribution in [0.25, 0.3) is 0 Å². The van der Waals surface area contributed by atoms with E-state index in [0.717, 1.165) is 20.1 Å². The highest BCUT2D eigenvalue weighted by Gasteiger charge is 2.14. The summed E-state index contributed by atoms with van der Waals surface area (Å²) < 4.78 is 7.12. The van der Waals surface area contributed by atoms with Crippen molar-refractivity contribution in [1.29, 1.82) is 0 Å². The Hall–Kier alpha value is -0.910. The molecular weight excluding hydrogens is 374 g/mol. The zero-order valence-corrected chi connectivity index (χ0v) is 13.5. The number of aromatic nitrogens is 1. The Morgan fingerprint density at radius 2 is 2.00 bits per heavy atom. The predicted molar refractivity (Wildman–Crippen MR) is 81.3 cm³/mol. The molecule has 1 aromatic heterocycles. The number of benzene rings is 1. The Bertz CT molecular complexity index is 575. The van der Waals surface area contributed by atoms with Gasteiger partial charge in [-0.05, 0) is 39.7 Å². The molecular formula is C14H13Br2NO2. The van der Waals surface area contributed by atoms with E-state index in [-0.39, 0.29) is 0 Å². The molecule has 2 aromatic rings. The highest BCUT2D eigenvalue weighted by molar-refractivity contribution is 9.10. The molecule has 0 spiro atoms. The molecule has 3 nitrogen and oxygen atoms in total. The maximum atomic E-state index is 10.3. The average molecular weight is 387 g/mol. The number of halogens is 2. The van der Waals surface area contributed by atoms with Crippen molar-refractivity contribution in [3.05, 3.63) is 56.7 Å². The van der Waals surface area contributed by atoms with Gasteiger partial charge in [-0.25, -0.2) is 0 Å². The van der Waals surface area contributed by atoms with E-state index < -0.39 is 6.10 Å². The molecule has 0 radical (unpaired) electrons. The number of nitrogens with zero attached hydrogens (tertiary/aromatic N) is 1. The molecule has 0 amide bonds. The van der Waals surface area contributed by atoms with Gasteiger partial charge in [-0.2, -0.15) is 0 Å². The minimum Gasteiger partial charge on any atom is -0.496 e. The van der Waals surface area contributed by atoms with Gasteiger partial charge in [0.1, 0.15) is 5.75 Å². The average Bonchev–Trinajstić information content (AvgIpc) is 2.38. The maximum Gasteiger partial charge on any atom is 0.125 e. The standard InChI is InChI=1S/C14H13Br2NO2/c1-19-14-6-10(15)2-3-12(14)13(18)5-9-4-11(16)8-17-7-9/h2-4,6-8,13,18H,5H2,1H3. The Kier molecular flexibility index (Phi) is 4.96. The van der Waals surface area contributed by atoms with Gasteiger partial charge in [-0.1, -0.05) is 22.0 Å². The minimum absolute atomic E-state index is 0.491. The van der Waals surface area contributed by atoms with Crippen LogP contribution >= 0.6 is 31.9 Å². The number of aliphatic hydroxyl groups excluding tert-OH is 1. The Morgan fingerprint density at radius 1 is 1.21 bits per heavy atom. The van der Waals surface area contributed by atoms with E-state index in [9.17, 15) is 5.11 Å². The van der Waals surface area contributed by atoms with Gasteiger partial charge in [0.05, 0.1) is 13.2 Å². The van der Waals surface area contributed by atoms with Crippen LogP contribution in [0.3, 0.4) is 0 Å². The van der Waals surface area contributed by atoms with Crippen molar-refractivity contribution in [2.24, 2.45) is 0 Å². The van der Waals surface area contributed by atoms with Gasteiger partial charge < -0.3 is 9.84 Å². The number of ether oxygens (including phenoxy) is 1.